The zero-order chi connectivity index (χ0) is 12.5. The third kappa shape index (κ3) is 2.41. The summed E-state index contributed by atoms with van der Waals surface area (Å²) in [6.45, 7) is 10.1. The first-order valence-corrected chi connectivity index (χ1v) is 7.64. The molecule has 1 saturated carbocycles. The van der Waals surface area contributed by atoms with Gasteiger partial charge in [-0.1, -0.05) is 20.8 Å². The van der Waals surface area contributed by atoms with Crippen LogP contribution >= 0.6 is 11.3 Å². The summed E-state index contributed by atoms with van der Waals surface area (Å²) in [4.78, 5) is 6.27. The molecule has 0 spiro atoms. The van der Waals surface area contributed by atoms with Crippen LogP contribution in [0.2, 0.25) is 0 Å². The fourth-order valence-electron chi connectivity index (χ4n) is 2.85. The van der Waals surface area contributed by atoms with Crippen LogP contribution in [0.25, 0.3) is 0 Å². The van der Waals surface area contributed by atoms with Gasteiger partial charge >= 0.3 is 0 Å². The summed E-state index contributed by atoms with van der Waals surface area (Å²) in [5.74, 6) is 0.841. The fraction of sp³-hybridized carbons (Fsp3) is 0.786. The van der Waals surface area contributed by atoms with E-state index < -0.39 is 0 Å². The molecule has 0 aliphatic heterocycles. The lowest BCUT2D eigenvalue weighted by Crippen LogP contribution is -2.52. The van der Waals surface area contributed by atoms with Crippen LogP contribution in [0.5, 0.6) is 0 Å². The third-order valence-corrected chi connectivity index (χ3v) is 4.96. The van der Waals surface area contributed by atoms with Crippen LogP contribution in [0.3, 0.4) is 0 Å². The average Bonchev–Trinajstić information content (AvgIpc) is 2.64. The predicted molar refractivity (Wildman–Crippen MR) is 74.6 cm³/mol. The van der Waals surface area contributed by atoms with Crippen LogP contribution in [0.15, 0.2) is 0 Å². The molecule has 0 amide bonds. The lowest BCUT2D eigenvalue weighted by atomic mass is 9.69. The number of aryl methyl sites for hydroxylation is 2. The van der Waals surface area contributed by atoms with Crippen LogP contribution in [0, 0.1) is 12.8 Å². The number of rotatable bonds is 5. The van der Waals surface area contributed by atoms with E-state index in [0.29, 0.717) is 0 Å². The molecule has 2 nitrogen and oxygen atoms in total. The highest BCUT2D eigenvalue weighted by Gasteiger charge is 2.45. The second kappa shape index (κ2) is 5.07. The normalized spacial score (nSPS) is 28.1. The molecule has 1 aromatic rings. The Morgan fingerprint density at radius 1 is 1.41 bits per heavy atom. The summed E-state index contributed by atoms with van der Waals surface area (Å²) in [6, 6.07) is 0. The van der Waals surface area contributed by atoms with Crippen molar-refractivity contribution in [1.82, 2.24) is 10.3 Å². The molecule has 0 bridgehead atoms. The standard InChI is InChI=1S/C14H24N2S/c1-5-7-15-14(8-10(3)9-14)13-16-12(6-2)11(4)17-13/h10,15H,5-9H2,1-4H3. The predicted octanol–water partition coefficient (Wildman–Crippen LogP) is 3.64. The van der Waals surface area contributed by atoms with Gasteiger partial charge in [-0.2, -0.15) is 0 Å². The molecule has 0 atom stereocenters. The van der Waals surface area contributed by atoms with Crippen molar-refractivity contribution in [2.75, 3.05) is 6.54 Å². The van der Waals surface area contributed by atoms with Crippen molar-refractivity contribution in [2.45, 2.75) is 58.9 Å². The molecule has 1 aromatic heterocycles. The van der Waals surface area contributed by atoms with Crippen molar-refractivity contribution in [3.05, 3.63) is 15.6 Å². The zero-order valence-electron chi connectivity index (χ0n) is 11.5. The van der Waals surface area contributed by atoms with Gasteiger partial charge in [0, 0.05) is 4.88 Å². The van der Waals surface area contributed by atoms with Gasteiger partial charge in [0.2, 0.25) is 0 Å². The van der Waals surface area contributed by atoms with Crippen molar-refractivity contribution in [3.63, 3.8) is 0 Å². The highest BCUT2D eigenvalue weighted by Crippen LogP contribution is 2.47. The van der Waals surface area contributed by atoms with E-state index in [4.69, 9.17) is 4.98 Å². The Labute approximate surface area is 109 Å². The molecule has 1 heterocycles. The summed E-state index contributed by atoms with van der Waals surface area (Å²) >= 11 is 1.90. The number of hydrogen-bond acceptors (Lipinski definition) is 3. The van der Waals surface area contributed by atoms with Crippen LogP contribution in [-0.4, -0.2) is 11.5 Å². The van der Waals surface area contributed by atoms with Gasteiger partial charge in [-0.25, -0.2) is 4.98 Å². The van der Waals surface area contributed by atoms with Crippen molar-refractivity contribution in [2.24, 2.45) is 5.92 Å². The summed E-state index contributed by atoms with van der Waals surface area (Å²) in [7, 11) is 0. The van der Waals surface area contributed by atoms with Crippen LogP contribution in [0.4, 0.5) is 0 Å². The van der Waals surface area contributed by atoms with Gasteiger partial charge in [-0.15, -0.1) is 11.3 Å². The van der Waals surface area contributed by atoms with Gasteiger partial charge in [-0.3, -0.25) is 0 Å². The first-order chi connectivity index (χ1) is 8.11. The molecule has 0 unspecified atom stereocenters. The Kier molecular flexibility index (Phi) is 3.88. The van der Waals surface area contributed by atoms with Crippen molar-refractivity contribution in [1.29, 1.82) is 0 Å². The zero-order valence-corrected chi connectivity index (χ0v) is 12.3. The third-order valence-electron chi connectivity index (χ3n) is 3.74. The second-order valence-corrected chi connectivity index (χ2v) is 6.60. The largest absolute Gasteiger partial charge is 0.305 e. The van der Waals surface area contributed by atoms with Crippen molar-refractivity contribution < 1.29 is 0 Å². The van der Waals surface area contributed by atoms with Gasteiger partial charge < -0.3 is 5.32 Å². The van der Waals surface area contributed by atoms with Gasteiger partial charge in [0.25, 0.3) is 0 Å². The van der Waals surface area contributed by atoms with E-state index in [0.717, 1.165) is 18.9 Å². The lowest BCUT2D eigenvalue weighted by Gasteiger charge is -2.46. The second-order valence-electron chi connectivity index (χ2n) is 5.40. The first kappa shape index (κ1) is 13.0. The Morgan fingerprint density at radius 2 is 2.12 bits per heavy atom. The number of nitrogens with zero attached hydrogens (tertiary/aromatic N) is 1. The van der Waals surface area contributed by atoms with E-state index in [9.17, 15) is 0 Å². The molecule has 1 fully saturated rings. The topological polar surface area (TPSA) is 24.9 Å². The lowest BCUT2D eigenvalue weighted by molar-refractivity contribution is 0.114. The Morgan fingerprint density at radius 3 is 2.59 bits per heavy atom. The summed E-state index contributed by atoms with van der Waals surface area (Å²) in [5.41, 5.74) is 1.50. The summed E-state index contributed by atoms with van der Waals surface area (Å²) in [5, 5.41) is 5.07. The SMILES string of the molecule is CCCNC1(c2nc(CC)c(C)s2)CC(C)C1. The smallest absolute Gasteiger partial charge is 0.113 e. The molecule has 3 heteroatoms. The number of aromatic nitrogens is 1. The molecule has 1 N–H and O–H groups in total. The Balaban J connectivity index is 2.20. The summed E-state index contributed by atoms with van der Waals surface area (Å²) < 4.78 is 0. The Hall–Kier alpha value is -0.410. The Bertz CT molecular complexity index is 378. The molecule has 2 rings (SSSR count). The average molecular weight is 252 g/mol. The first-order valence-electron chi connectivity index (χ1n) is 6.83. The van der Waals surface area contributed by atoms with Crippen LogP contribution in [0.1, 0.15) is 55.6 Å². The number of hydrogen-bond donors (Lipinski definition) is 1. The molecular formula is C14H24N2S. The van der Waals surface area contributed by atoms with Crippen molar-refractivity contribution >= 4 is 11.3 Å². The van der Waals surface area contributed by atoms with E-state index in [2.05, 4.69) is 33.0 Å². The van der Waals surface area contributed by atoms with E-state index in [1.807, 2.05) is 11.3 Å². The maximum atomic E-state index is 4.87. The van der Waals surface area contributed by atoms with Crippen LogP contribution < -0.4 is 5.32 Å². The molecule has 1 aliphatic rings. The quantitative estimate of drug-likeness (QED) is 0.865. The molecule has 1 aliphatic carbocycles. The minimum absolute atomic E-state index is 0.207. The van der Waals surface area contributed by atoms with E-state index in [1.165, 1.54) is 34.8 Å². The molecule has 0 saturated heterocycles. The fourth-order valence-corrected chi connectivity index (χ4v) is 4.04. The van der Waals surface area contributed by atoms with E-state index in [-0.39, 0.29) is 5.54 Å². The highest BCUT2D eigenvalue weighted by atomic mass is 32.1. The van der Waals surface area contributed by atoms with Gasteiger partial charge in [0.1, 0.15) is 5.01 Å². The monoisotopic (exact) mass is 252 g/mol. The van der Waals surface area contributed by atoms with Crippen molar-refractivity contribution in [3.8, 4) is 0 Å². The maximum Gasteiger partial charge on any atom is 0.113 e. The van der Waals surface area contributed by atoms with Crippen LogP contribution in [-0.2, 0) is 12.0 Å². The molecule has 96 valence electrons. The molecule has 17 heavy (non-hydrogen) atoms. The minimum atomic E-state index is 0.207. The maximum absolute atomic E-state index is 4.87. The van der Waals surface area contributed by atoms with Gasteiger partial charge in [0.05, 0.1) is 11.2 Å². The van der Waals surface area contributed by atoms with E-state index >= 15 is 0 Å². The van der Waals surface area contributed by atoms with E-state index in [1.54, 1.807) is 0 Å². The molecule has 0 aromatic carbocycles. The number of thiazole rings is 1. The molecule has 0 radical (unpaired) electrons. The highest BCUT2D eigenvalue weighted by molar-refractivity contribution is 7.11. The van der Waals surface area contributed by atoms with Gasteiger partial charge in [-0.05, 0) is 45.1 Å². The number of nitrogens with one attached hydrogen (secondary N) is 1. The molecular weight excluding hydrogens is 228 g/mol. The minimum Gasteiger partial charge on any atom is -0.305 e. The summed E-state index contributed by atoms with van der Waals surface area (Å²) in [6.07, 6.45) is 4.76. The van der Waals surface area contributed by atoms with Gasteiger partial charge in [0.15, 0.2) is 0 Å².